The summed E-state index contributed by atoms with van der Waals surface area (Å²) in [5, 5.41) is 14.2. The summed E-state index contributed by atoms with van der Waals surface area (Å²) < 4.78 is 0. The highest BCUT2D eigenvalue weighted by molar-refractivity contribution is 5.90. The average molecular weight is 341 g/mol. The van der Waals surface area contributed by atoms with E-state index in [4.69, 9.17) is 5.21 Å². The first-order chi connectivity index (χ1) is 11.4. The van der Waals surface area contributed by atoms with Crippen LogP contribution in [0.3, 0.4) is 0 Å². The molecule has 1 aliphatic rings. The van der Waals surface area contributed by atoms with E-state index in [0.717, 1.165) is 32.1 Å². The largest absolute Gasteiger partial charge is 0.357 e. The predicted octanol–water partition coefficient (Wildman–Crippen LogP) is 1.36. The van der Waals surface area contributed by atoms with E-state index < -0.39 is 17.9 Å². The molecule has 0 saturated heterocycles. The van der Waals surface area contributed by atoms with Crippen LogP contribution in [0.2, 0.25) is 0 Å². The van der Waals surface area contributed by atoms with Gasteiger partial charge >= 0.3 is 0 Å². The first kappa shape index (κ1) is 20.4. The lowest BCUT2D eigenvalue weighted by molar-refractivity contribution is -0.137. The molecular formula is C17H31N3O4. The number of rotatable bonds is 8. The van der Waals surface area contributed by atoms with Crippen LogP contribution >= 0.6 is 0 Å². The Morgan fingerprint density at radius 2 is 1.71 bits per heavy atom. The Balaban J connectivity index is 2.81. The van der Waals surface area contributed by atoms with E-state index in [9.17, 15) is 14.4 Å². The maximum absolute atomic E-state index is 12.7. The number of hydrogen-bond acceptors (Lipinski definition) is 4. The van der Waals surface area contributed by atoms with Crippen molar-refractivity contribution in [2.24, 2.45) is 17.8 Å². The fraction of sp³-hybridized carbons (Fsp3) is 0.824. The van der Waals surface area contributed by atoms with Gasteiger partial charge in [-0.1, -0.05) is 33.1 Å². The molecule has 0 radical (unpaired) electrons. The number of amides is 3. The van der Waals surface area contributed by atoms with Crippen molar-refractivity contribution >= 4 is 17.7 Å². The molecule has 0 aromatic rings. The Bertz CT molecular complexity index is 434. The molecule has 1 aliphatic carbocycles. The summed E-state index contributed by atoms with van der Waals surface area (Å²) in [5.74, 6) is -1.29. The normalized spacial score (nSPS) is 17.9. The zero-order chi connectivity index (χ0) is 18.1. The summed E-state index contributed by atoms with van der Waals surface area (Å²) >= 11 is 0. The molecule has 7 heteroatoms. The Labute approximate surface area is 143 Å². The van der Waals surface area contributed by atoms with E-state index in [-0.39, 0.29) is 30.1 Å². The lowest BCUT2D eigenvalue weighted by atomic mass is 9.83. The van der Waals surface area contributed by atoms with E-state index in [2.05, 4.69) is 10.6 Å². The van der Waals surface area contributed by atoms with Gasteiger partial charge in [-0.3, -0.25) is 19.6 Å². The molecule has 0 unspecified atom stereocenters. The highest BCUT2D eigenvalue weighted by Crippen LogP contribution is 2.27. The monoisotopic (exact) mass is 341 g/mol. The quantitative estimate of drug-likeness (QED) is 0.395. The molecule has 3 amide bonds. The number of hydroxylamine groups is 1. The van der Waals surface area contributed by atoms with E-state index in [1.807, 2.05) is 13.8 Å². The van der Waals surface area contributed by atoms with Crippen LogP contribution in [0.15, 0.2) is 0 Å². The zero-order valence-electron chi connectivity index (χ0n) is 14.9. The third-order valence-corrected chi connectivity index (χ3v) is 4.63. The summed E-state index contributed by atoms with van der Waals surface area (Å²) in [4.78, 5) is 36.3. The van der Waals surface area contributed by atoms with Gasteiger partial charge in [-0.2, -0.15) is 0 Å². The second kappa shape index (κ2) is 10.3. The Hall–Kier alpha value is -1.63. The van der Waals surface area contributed by atoms with Crippen LogP contribution in [-0.4, -0.2) is 36.0 Å². The van der Waals surface area contributed by atoms with Crippen LogP contribution in [0.25, 0.3) is 0 Å². The van der Waals surface area contributed by atoms with Crippen molar-refractivity contribution in [3.8, 4) is 0 Å². The molecule has 4 N–H and O–H groups in total. The minimum atomic E-state index is -0.593. The molecular weight excluding hydrogens is 310 g/mol. The van der Waals surface area contributed by atoms with Gasteiger partial charge in [0.1, 0.15) is 6.04 Å². The van der Waals surface area contributed by atoms with Gasteiger partial charge in [-0.05, 0) is 31.1 Å². The van der Waals surface area contributed by atoms with Crippen LogP contribution in [0.1, 0.15) is 58.8 Å². The van der Waals surface area contributed by atoms with Gasteiger partial charge in [0, 0.05) is 19.4 Å². The van der Waals surface area contributed by atoms with Crippen molar-refractivity contribution < 1.29 is 19.6 Å². The zero-order valence-corrected chi connectivity index (χ0v) is 14.9. The number of carbonyl (C=O) groups is 3. The van der Waals surface area contributed by atoms with Crippen molar-refractivity contribution in [1.29, 1.82) is 0 Å². The maximum Gasteiger partial charge on any atom is 0.244 e. The minimum absolute atomic E-state index is 0.0916. The molecule has 1 saturated carbocycles. The van der Waals surface area contributed by atoms with Crippen LogP contribution in [0.4, 0.5) is 0 Å². The minimum Gasteiger partial charge on any atom is -0.357 e. The van der Waals surface area contributed by atoms with E-state index in [0.29, 0.717) is 6.42 Å². The second-order valence-corrected chi connectivity index (χ2v) is 7.06. The molecule has 138 valence electrons. The predicted molar refractivity (Wildman–Crippen MR) is 90.1 cm³/mol. The van der Waals surface area contributed by atoms with Crippen molar-refractivity contribution in [3.05, 3.63) is 0 Å². The summed E-state index contributed by atoms with van der Waals surface area (Å²) in [7, 11) is 1.56. The summed E-state index contributed by atoms with van der Waals surface area (Å²) in [6, 6.07) is -0.561. The Kier molecular flexibility index (Phi) is 8.74. The first-order valence-electron chi connectivity index (χ1n) is 8.83. The summed E-state index contributed by atoms with van der Waals surface area (Å²) in [6.45, 7) is 3.93. The molecule has 0 aromatic carbocycles. The van der Waals surface area contributed by atoms with Crippen LogP contribution in [0.5, 0.6) is 0 Å². The van der Waals surface area contributed by atoms with Crippen LogP contribution in [-0.2, 0) is 14.4 Å². The first-order valence-corrected chi connectivity index (χ1v) is 8.83. The topological polar surface area (TPSA) is 108 Å². The number of carbonyl (C=O) groups excluding carboxylic acids is 3. The fourth-order valence-electron chi connectivity index (χ4n) is 3.41. The molecule has 0 aromatic heterocycles. The lowest BCUT2D eigenvalue weighted by Gasteiger charge is -2.31. The highest BCUT2D eigenvalue weighted by Gasteiger charge is 2.33. The van der Waals surface area contributed by atoms with Gasteiger partial charge in [0.2, 0.25) is 17.7 Å². The summed E-state index contributed by atoms with van der Waals surface area (Å²) in [6.07, 6.45) is 5.56. The van der Waals surface area contributed by atoms with Gasteiger partial charge in [0.15, 0.2) is 0 Å². The lowest BCUT2D eigenvalue weighted by Crippen LogP contribution is -2.52. The standard InChI is InChI=1S/C17H31N3O4/c1-11(2)9-13(10-14(21)20-24)16(22)19-15(17(23)18-3)12-7-5-4-6-8-12/h11-13,15,24H,4-10H2,1-3H3,(H,18,23)(H,19,22)(H,20,21)/t13-,15-/m0/s1. The Morgan fingerprint density at radius 3 is 2.21 bits per heavy atom. The highest BCUT2D eigenvalue weighted by atomic mass is 16.5. The third-order valence-electron chi connectivity index (χ3n) is 4.63. The fourth-order valence-corrected chi connectivity index (χ4v) is 3.41. The van der Waals surface area contributed by atoms with Crippen molar-refractivity contribution in [3.63, 3.8) is 0 Å². The molecule has 1 fully saturated rings. The van der Waals surface area contributed by atoms with Gasteiger partial charge < -0.3 is 10.6 Å². The Morgan fingerprint density at radius 1 is 1.08 bits per heavy atom. The van der Waals surface area contributed by atoms with Crippen LogP contribution < -0.4 is 16.1 Å². The van der Waals surface area contributed by atoms with Gasteiger partial charge in [-0.25, -0.2) is 5.48 Å². The number of likely N-dealkylation sites (N-methyl/N-ethyl adjacent to an activating group) is 1. The van der Waals surface area contributed by atoms with Crippen molar-refractivity contribution in [2.75, 3.05) is 7.05 Å². The molecule has 24 heavy (non-hydrogen) atoms. The third kappa shape index (κ3) is 6.47. The van der Waals surface area contributed by atoms with Crippen LogP contribution in [0, 0.1) is 17.8 Å². The van der Waals surface area contributed by atoms with Gasteiger partial charge in [0.05, 0.1) is 0 Å². The van der Waals surface area contributed by atoms with E-state index >= 15 is 0 Å². The van der Waals surface area contributed by atoms with Gasteiger partial charge in [-0.15, -0.1) is 0 Å². The second-order valence-electron chi connectivity index (χ2n) is 7.06. The molecule has 0 spiro atoms. The van der Waals surface area contributed by atoms with E-state index in [1.165, 1.54) is 0 Å². The van der Waals surface area contributed by atoms with Gasteiger partial charge in [0.25, 0.3) is 0 Å². The smallest absolute Gasteiger partial charge is 0.244 e. The van der Waals surface area contributed by atoms with Crippen molar-refractivity contribution in [1.82, 2.24) is 16.1 Å². The van der Waals surface area contributed by atoms with E-state index in [1.54, 1.807) is 12.5 Å². The number of nitrogens with one attached hydrogen (secondary N) is 3. The molecule has 1 rings (SSSR count). The molecule has 0 aliphatic heterocycles. The number of hydrogen-bond donors (Lipinski definition) is 4. The molecule has 7 nitrogen and oxygen atoms in total. The molecule has 2 atom stereocenters. The molecule has 0 heterocycles. The van der Waals surface area contributed by atoms with Crippen molar-refractivity contribution in [2.45, 2.75) is 64.8 Å². The maximum atomic E-state index is 12.7. The SMILES string of the molecule is CNC(=O)[C@@H](NC(=O)[C@H](CC(=O)NO)CC(C)C)C1CCCCC1. The summed E-state index contributed by atoms with van der Waals surface area (Å²) in [5.41, 5.74) is 1.58. The average Bonchev–Trinajstić information content (AvgIpc) is 2.58. The molecule has 0 bridgehead atoms.